The number of aromatic nitrogens is 5. The molecule has 0 unspecified atom stereocenters. The number of H-pyrrole nitrogens is 1. The van der Waals surface area contributed by atoms with Gasteiger partial charge in [0, 0.05) is 22.9 Å². The summed E-state index contributed by atoms with van der Waals surface area (Å²) in [6.07, 6.45) is 0.616. The van der Waals surface area contributed by atoms with Crippen LogP contribution in [0.5, 0.6) is 0 Å². The molecule has 0 atom stereocenters. The minimum Gasteiger partial charge on any atom is -0.339 e. The number of hydrogen-bond donors (Lipinski definition) is 2. The number of nitrogens with zero attached hydrogens (tertiary/aromatic N) is 4. The molecule has 6 aromatic rings. The van der Waals surface area contributed by atoms with Crippen LogP contribution >= 0.6 is 34.7 Å². The maximum Gasteiger partial charge on any atom is 0.192 e. The molecule has 0 radical (unpaired) electrons. The van der Waals surface area contributed by atoms with Crippen LogP contribution in [0, 0.1) is 0 Å². The van der Waals surface area contributed by atoms with Gasteiger partial charge in [-0.05, 0) is 42.0 Å². The molecule has 0 aliphatic carbocycles. The lowest BCUT2D eigenvalue weighted by Crippen LogP contribution is -2.00. The third-order valence-corrected chi connectivity index (χ3v) is 7.66. The van der Waals surface area contributed by atoms with Crippen molar-refractivity contribution in [1.82, 2.24) is 25.1 Å². The molecule has 0 saturated heterocycles. The molecule has 35 heavy (non-hydrogen) atoms. The molecule has 2 N–H and O–H groups in total. The van der Waals surface area contributed by atoms with E-state index in [9.17, 15) is 0 Å². The molecule has 0 amide bonds. The first-order chi connectivity index (χ1) is 17.2. The average molecular weight is 515 g/mol. The van der Waals surface area contributed by atoms with Gasteiger partial charge in [0.1, 0.15) is 5.82 Å². The second-order valence-electron chi connectivity index (χ2n) is 7.91. The Morgan fingerprint density at radius 3 is 2.51 bits per heavy atom. The van der Waals surface area contributed by atoms with Crippen molar-refractivity contribution < 1.29 is 0 Å². The Morgan fingerprint density at radius 2 is 1.69 bits per heavy atom. The van der Waals surface area contributed by atoms with Gasteiger partial charge in [0.15, 0.2) is 10.8 Å². The summed E-state index contributed by atoms with van der Waals surface area (Å²) in [7, 11) is 0. The van der Waals surface area contributed by atoms with Crippen LogP contribution in [-0.4, -0.2) is 25.1 Å². The zero-order valence-corrected chi connectivity index (χ0v) is 20.8. The van der Waals surface area contributed by atoms with Crippen molar-refractivity contribution in [2.75, 3.05) is 5.32 Å². The maximum atomic E-state index is 6.09. The molecule has 0 spiro atoms. The van der Waals surface area contributed by atoms with E-state index < -0.39 is 0 Å². The van der Waals surface area contributed by atoms with E-state index in [0.717, 1.165) is 33.0 Å². The van der Waals surface area contributed by atoms with Crippen LogP contribution in [0.25, 0.3) is 21.3 Å². The van der Waals surface area contributed by atoms with Crippen molar-refractivity contribution >= 4 is 67.5 Å². The average Bonchev–Trinajstić information content (AvgIpc) is 3.48. The molecule has 0 aliphatic rings. The van der Waals surface area contributed by atoms with Gasteiger partial charge >= 0.3 is 0 Å². The molecular weight excluding hydrogens is 496 g/mol. The van der Waals surface area contributed by atoms with Crippen molar-refractivity contribution in [3.63, 3.8) is 0 Å². The molecular formula is C26H19ClN6S2. The summed E-state index contributed by atoms with van der Waals surface area (Å²) in [5, 5.41) is 14.4. The normalized spacial score (nSPS) is 11.3. The van der Waals surface area contributed by atoms with Crippen LogP contribution < -0.4 is 5.32 Å². The van der Waals surface area contributed by atoms with Gasteiger partial charge < -0.3 is 5.32 Å². The molecule has 0 aliphatic heterocycles. The Balaban J connectivity index is 1.37. The van der Waals surface area contributed by atoms with Crippen molar-refractivity contribution in [3.8, 4) is 0 Å². The Labute approximate surface area is 214 Å². The fourth-order valence-electron chi connectivity index (χ4n) is 3.79. The zero-order chi connectivity index (χ0) is 23.6. The number of fused-ring (bicyclic) bond motifs is 2. The van der Waals surface area contributed by atoms with Crippen molar-refractivity contribution in [3.05, 3.63) is 100 Å². The molecule has 9 heteroatoms. The third-order valence-electron chi connectivity index (χ3n) is 5.45. The quantitative estimate of drug-likeness (QED) is 0.172. The van der Waals surface area contributed by atoms with Gasteiger partial charge in [-0.25, -0.2) is 15.0 Å². The minimum absolute atomic E-state index is 0.616. The van der Waals surface area contributed by atoms with Crippen LogP contribution in [0.1, 0.15) is 16.3 Å². The van der Waals surface area contributed by atoms with Gasteiger partial charge in [-0.15, -0.1) is 11.3 Å². The van der Waals surface area contributed by atoms with E-state index in [2.05, 4.69) is 33.7 Å². The first-order valence-corrected chi connectivity index (χ1v) is 13.2. The largest absolute Gasteiger partial charge is 0.339 e. The molecule has 6 rings (SSSR count). The summed E-state index contributed by atoms with van der Waals surface area (Å²) in [5.41, 5.74) is 4.66. The van der Waals surface area contributed by atoms with Crippen molar-refractivity contribution in [1.29, 1.82) is 0 Å². The van der Waals surface area contributed by atoms with Gasteiger partial charge in [-0.2, -0.15) is 5.10 Å². The maximum absolute atomic E-state index is 6.09. The van der Waals surface area contributed by atoms with Crippen LogP contribution in [0.3, 0.4) is 0 Å². The highest BCUT2D eigenvalue weighted by Gasteiger charge is 2.18. The van der Waals surface area contributed by atoms with Gasteiger partial charge in [-0.3, -0.25) is 5.10 Å². The van der Waals surface area contributed by atoms with E-state index in [1.54, 1.807) is 23.1 Å². The number of nitrogens with one attached hydrogen (secondary N) is 2. The first-order valence-electron chi connectivity index (χ1n) is 11.0. The molecule has 0 saturated carbocycles. The Morgan fingerprint density at radius 1 is 0.886 bits per heavy atom. The standard InChI is InChI=1S/C26H19ClN6S2/c27-17-10-12-18(13-11-17)28-24-23-20(14-22-29-19-8-4-5-9-21(19)35-22)32-33-25(23)31-26(30-24)34-15-16-6-2-1-3-7-16/h1-13H,14-15H2,(H2,28,30,31,32,33). The smallest absolute Gasteiger partial charge is 0.192 e. The lowest BCUT2D eigenvalue weighted by atomic mass is 10.2. The highest BCUT2D eigenvalue weighted by molar-refractivity contribution is 7.98. The lowest BCUT2D eigenvalue weighted by molar-refractivity contribution is 0.973. The minimum atomic E-state index is 0.616. The number of benzene rings is 3. The number of hydrogen-bond acceptors (Lipinski definition) is 7. The summed E-state index contributed by atoms with van der Waals surface area (Å²) in [6, 6.07) is 26.0. The molecule has 0 fully saturated rings. The Hall–Kier alpha value is -3.46. The molecule has 6 nitrogen and oxygen atoms in total. The summed E-state index contributed by atoms with van der Waals surface area (Å²) in [6.45, 7) is 0. The lowest BCUT2D eigenvalue weighted by Gasteiger charge is -2.10. The first kappa shape index (κ1) is 22.0. The zero-order valence-electron chi connectivity index (χ0n) is 18.4. The predicted octanol–water partition coefficient (Wildman–Crippen LogP) is 7.24. The van der Waals surface area contributed by atoms with Gasteiger partial charge in [-0.1, -0.05) is 65.8 Å². The van der Waals surface area contributed by atoms with Crippen LogP contribution in [0.15, 0.2) is 84.0 Å². The number of para-hydroxylation sites is 1. The van der Waals surface area contributed by atoms with E-state index >= 15 is 0 Å². The number of thiazole rings is 1. The SMILES string of the molecule is Clc1ccc(Nc2nc(SCc3ccccc3)nc3n[nH]c(Cc4nc5ccccc5s4)c23)cc1. The molecule has 3 heterocycles. The van der Waals surface area contributed by atoms with Crippen LogP contribution in [-0.2, 0) is 12.2 Å². The number of aromatic amines is 1. The molecule has 3 aromatic heterocycles. The number of anilines is 2. The Bertz CT molecular complexity index is 1580. The number of thioether (sulfide) groups is 1. The molecule has 0 bridgehead atoms. The van der Waals surface area contributed by atoms with Gasteiger partial charge in [0.2, 0.25) is 0 Å². The number of halogens is 1. The highest BCUT2D eigenvalue weighted by atomic mass is 35.5. The van der Waals surface area contributed by atoms with Crippen molar-refractivity contribution in [2.45, 2.75) is 17.3 Å². The van der Waals surface area contributed by atoms with Crippen LogP contribution in [0.2, 0.25) is 5.02 Å². The van der Waals surface area contributed by atoms with E-state index in [1.165, 1.54) is 10.3 Å². The van der Waals surface area contributed by atoms with E-state index in [0.29, 0.717) is 28.1 Å². The molecule has 3 aromatic carbocycles. The van der Waals surface area contributed by atoms with E-state index in [4.69, 9.17) is 26.6 Å². The van der Waals surface area contributed by atoms with E-state index in [-0.39, 0.29) is 0 Å². The Kier molecular flexibility index (Phi) is 6.08. The van der Waals surface area contributed by atoms with Gasteiger partial charge in [0.05, 0.1) is 26.3 Å². The fraction of sp³-hybridized carbons (Fsp3) is 0.0769. The number of rotatable bonds is 7. The summed E-state index contributed by atoms with van der Waals surface area (Å²) in [4.78, 5) is 14.4. The van der Waals surface area contributed by atoms with E-state index in [1.807, 2.05) is 60.7 Å². The highest BCUT2D eigenvalue weighted by Crippen LogP contribution is 2.32. The molecule has 172 valence electrons. The van der Waals surface area contributed by atoms with Crippen molar-refractivity contribution in [2.24, 2.45) is 0 Å². The predicted molar refractivity (Wildman–Crippen MR) is 145 cm³/mol. The van der Waals surface area contributed by atoms with Gasteiger partial charge in [0.25, 0.3) is 0 Å². The topological polar surface area (TPSA) is 79.4 Å². The van der Waals surface area contributed by atoms with Crippen LogP contribution in [0.4, 0.5) is 11.5 Å². The second-order valence-corrected chi connectivity index (χ2v) is 10.4. The summed E-state index contributed by atoms with van der Waals surface area (Å²) >= 11 is 9.36. The third kappa shape index (κ3) is 4.86. The second kappa shape index (κ2) is 9.65. The summed E-state index contributed by atoms with van der Waals surface area (Å²) < 4.78 is 1.17. The fourth-order valence-corrected chi connectivity index (χ4v) is 5.69. The monoisotopic (exact) mass is 514 g/mol. The summed E-state index contributed by atoms with van der Waals surface area (Å²) in [5.74, 6) is 1.48.